The summed E-state index contributed by atoms with van der Waals surface area (Å²) in [6.07, 6.45) is 2.46. The highest BCUT2D eigenvalue weighted by atomic mass is 16.2. The number of primary amides is 1. The first-order valence-corrected chi connectivity index (χ1v) is 7.47. The minimum absolute atomic E-state index is 0.0185. The molecule has 0 spiro atoms. The lowest BCUT2D eigenvalue weighted by Gasteiger charge is -2.14. The first-order chi connectivity index (χ1) is 11.5. The molecule has 0 aliphatic heterocycles. The Balaban J connectivity index is 2.03. The van der Waals surface area contributed by atoms with Crippen LogP contribution in [0.3, 0.4) is 0 Å². The first kappa shape index (κ1) is 17.2. The molecule has 1 atom stereocenters. The number of guanidine groups is 1. The quantitative estimate of drug-likeness (QED) is 0.317. The van der Waals surface area contributed by atoms with E-state index in [1.165, 1.54) is 0 Å². The van der Waals surface area contributed by atoms with Crippen LogP contribution in [0.5, 0.6) is 0 Å². The maximum atomic E-state index is 12.3. The zero-order valence-electron chi connectivity index (χ0n) is 13.1. The van der Waals surface area contributed by atoms with Crippen molar-refractivity contribution in [1.82, 2.24) is 10.3 Å². The van der Waals surface area contributed by atoms with Crippen LogP contribution in [0.1, 0.15) is 23.3 Å². The number of pyridine rings is 1. The van der Waals surface area contributed by atoms with Crippen LogP contribution in [0.15, 0.2) is 41.5 Å². The third-order valence-corrected chi connectivity index (χ3v) is 3.46. The molecule has 2 amide bonds. The Hall–Kier alpha value is -3.16. The van der Waals surface area contributed by atoms with Crippen LogP contribution in [-0.2, 0) is 4.79 Å². The van der Waals surface area contributed by atoms with Gasteiger partial charge in [0, 0.05) is 18.1 Å². The molecule has 126 valence electrons. The van der Waals surface area contributed by atoms with E-state index in [1.54, 1.807) is 12.3 Å². The number of hydrogen-bond donors (Lipinski definition) is 4. The maximum absolute atomic E-state index is 12.3. The van der Waals surface area contributed by atoms with Crippen LogP contribution in [0.25, 0.3) is 10.8 Å². The number of amides is 2. The van der Waals surface area contributed by atoms with Gasteiger partial charge in [0.25, 0.3) is 5.91 Å². The summed E-state index contributed by atoms with van der Waals surface area (Å²) in [5.74, 6) is -1.09. The number of carbonyl (C=O) groups is 2. The first-order valence-electron chi connectivity index (χ1n) is 7.47. The van der Waals surface area contributed by atoms with Gasteiger partial charge in [0.05, 0.1) is 0 Å². The van der Waals surface area contributed by atoms with E-state index in [2.05, 4.69) is 15.3 Å². The lowest BCUT2D eigenvalue weighted by Crippen LogP contribution is -2.44. The molecule has 0 fully saturated rings. The van der Waals surface area contributed by atoms with Crippen LogP contribution in [0.4, 0.5) is 0 Å². The summed E-state index contributed by atoms with van der Waals surface area (Å²) < 4.78 is 0. The van der Waals surface area contributed by atoms with Crippen LogP contribution in [-0.4, -0.2) is 35.3 Å². The molecule has 0 saturated heterocycles. The molecule has 8 heteroatoms. The van der Waals surface area contributed by atoms with Crippen molar-refractivity contribution < 1.29 is 9.59 Å². The summed E-state index contributed by atoms with van der Waals surface area (Å²) in [6, 6.07) is 8.42. The van der Waals surface area contributed by atoms with Gasteiger partial charge < -0.3 is 22.5 Å². The SMILES string of the molecule is NC(=O)[C@H](CCCN=C(N)N)NC(=O)c1cc2ccccc2cn1. The van der Waals surface area contributed by atoms with Crippen molar-refractivity contribution in [2.24, 2.45) is 22.2 Å². The monoisotopic (exact) mass is 328 g/mol. The highest BCUT2D eigenvalue weighted by molar-refractivity contribution is 5.98. The van der Waals surface area contributed by atoms with E-state index in [0.717, 1.165) is 10.8 Å². The summed E-state index contributed by atoms with van der Waals surface area (Å²) in [4.78, 5) is 31.7. The van der Waals surface area contributed by atoms with Crippen LogP contribution >= 0.6 is 0 Å². The van der Waals surface area contributed by atoms with Crippen LogP contribution < -0.4 is 22.5 Å². The summed E-state index contributed by atoms with van der Waals surface area (Å²) in [5, 5.41) is 4.42. The van der Waals surface area contributed by atoms with Gasteiger partial charge in [-0.3, -0.25) is 19.6 Å². The second kappa shape index (κ2) is 7.91. The van der Waals surface area contributed by atoms with Gasteiger partial charge in [-0.2, -0.15) is 0 Å². The second-order valence-electron chi connectivity index (χ2n) is 5.29. The largest absolute Gasteiger partial charge is 0.370 e. The molecule has 0 radical (unpaired) electrons. The molecule has 0 aliphatic rings. The zero-order chi connectivity index (χ0) is 17.5. The van der Waals surface area contributed by atoms with Gasteiger partial charge in [0.2, 0.25) is 5.91 Å². The lowest BCUT2D eigenvalue weighted by atomic mass is 10.1. The van der Waals surface area contributed by atoms with Crippen LogP contribution in [0.2, 0.25) is 0 Å². The number of nitrogens with two attached hydrogens (primary N) is 3. The molecule has 1 aromatic heterocycles. The Bertz CT molecular complexity index is 770. The number of rotatable bonds is 7. The van der Waals surface area contributed by atoms with E-state index in [4.69, 9.17) is 17.2 Å². The smallest absolute Gasteiger partial charge is 0.270 e. The summed E-state index contributed by atoms with van der Waals surface area (Å²) in [5.41, 5.74) is 16.0. The summed E-state index contributed by atoms with van der Waals surface area (Å²) in [7, 11) is 0. The van der Waals surface area contributed by atoms with Crippen molar-refractivity contribution in [1.29, 1.82) is 0 Å². The Labute approximate surface area is 139 Å². The third kappa shape index (κ3) is 4.67. The number of fused-ring (bicyclic) bond motifs is 1. The fraction of sp³-hybridized carbons (Fsp3) is 0.250. The van der Waals surface area contributed by atoms with Gasteiger partial charge in [0.1, 0.15) is 11.7 Å². The molecular weight excluding hydrogens is 308 g/mol. The van der Waals surface area contributed by atoms with Gasteiger partial charge >= 0.3 is 0 Å². The summed E-state index contributed by atoms with van der Waals surface area (Å²) >= 11 is 0. The number of carbonyl (C=O) groups excluding carboxylic acids is 2. The molecule has 1 heterocycles. The van der Waals surface area contributed by atoms with E-state index in [0.29, 0.717) is 19.4 Å². The van der Waals surface area contributed by atoms with Crippen molar-refractivity contribution in [2.45, 2.75) is 18.9 Å². The fourth-order valence-electron chi connectivity index (χ4n) is 2.23. The highest BCUT2D eigenvalue weighted by Crippen LogP contribution is 2.13. The minimum Gasteiger partial charge on any atom is -0.370 e. The molecule has 2 aromatic rings. The second-order valence-corrected chi connectivity index (χ2v) is 5.29. The summed E-state index contributed by atoms with van der Waals surface area (Å²) in [6.45, 7) is 0.357. The molecule has 1 aromatic carbocycles. The van der Waals surface area contributed by atoms with Gasteiger partial charge in [-0.05, 0) is 24.3 Å². The van der Waals surface area contributed by atoms with Gasteiger partial charge in [0.15, 0.2) is 5.96 Å². The Kier molecular flexibility index (Phi) is 5.67. The average molecular weight is 328 g/mol. The number of aliphatic imine (C=N–C) groups is 1. The number of benzene rings is 1. The number of nitrogens with one attached hydrogen (secondary N) is 1. The van der Waals surface area contributed by atoms with Crippen molar-refractivity contribution in [3.8, 4) is 0 Å². The number of nitrogens with zero attached hydrogens (tertiary/aromatic N) is 2. The lowest BCUT2D eigenvalue weighted by molar-refractivity contribution is -0.120. The zero-order valence-corrected chi connectivity index (χ0v) is 13.1. The van der Waals surface area contributed by atoms with Gasteiger partial charge in [-0.1, -0.05) is 24.3 Å². The average Bonchev–Trinajstić information content (AvgIpc) is 2.56. The normalized spacial score (nSPS) is 11.7. The molecule has 0 aliphatic carbocycles. The van der Waals surface area contributed by atoms with E-state index >= 15 is 0 Å². The standard InChI is InChI=1S/C16H20N6O2/c17-14(23)12(6-3-7-20-16(18)19)22-15(24)13-8-10-4-1-2-5-11(10)9-21-13/h1-2,4-5,8-9,12H,3,6-7H2,(H2,17,23)(H,22,24)(H4,18,19,20)/t12-/m0/s1. The number of hydrogen-bond acceptors (Lipinski definition) is 4. The minimum atomic E-state index is -0.806. The third-order valence-electron chi connectivity index (χ3n) is 3.46. The van der Waals surface area contributed by atoms with Crippen LogP contribution in [0, 0.1) is 0 Å². The predicted molar refractivity (Wildman–Crippen MR) is 92.1 cm³/mol. The Morgan fingerprint density at radius 2 is 1.88 bits per heavy atom. The van der Waals surface area contributed by atoms with Crippen molar-refractivity contribution in [2.75, 3.05) is 6.54 Å². The molecule has 7 N–H and O–H groups in total. The highest BCUT2D eigenvalue weighted by Gasteiger charge is 2.19. The fourth-order valence-corrected chi connectivity index (χ4v) is 2.23. The van der Waals surface area contributed by atoms with Crippen molar-refractivity contribution in [3.05, 3.63) is 42.2 Å². The molecule has 0 bridgehead atoms. The Morgan fingerprint density at radius 3 is 2.54 bits per heavy atom. The van der Waals surface area contributed by atoms with Crippen molar-refractivity contribution >= 4 is 28.5 Å². The van der Waals surface area contributed by atoms with E-state index < -0.39 is 17.9 Å². The maximum Gasteiger partial charge on any atom is 0.270 e. The molecule has 24 heavy (non-hydrogen) atoms. The molecule has 0 unspecified atom stereocenters. The topological polar surface area (TPSA) is 149 Å². The van der Waals surface area contributed by atoms with Crippen molar-refractivity contribution in [3.63, 3.8) is 0 Å². The van der Waals surface area contributed by atoms with Gasteiger partial charge in [-0.15, -0.1) is 0 Å². The van der Waals surface area contributed by atoms with E-state index in [-0.39, 0.29) is 11.7 Å². The molecular formula is C16H20N6O2. The molecule has 0 saturated carbocycles. The van der Waals surface area contributed by atoms with E-state index in [1.807, 2.05) is 24.3 Å². The van der Waals surface area contributed by atoms with E-state index in [9.17, 15) is 9.59 Å². The Morgan fingerprint density at radius 1 is 1.17 bits per heavy atom. The van der Waals surface area contributed by atoms with Gasteiger partial charge in [-0.25, -0.2) is 0 Å². The number of aromatic nitrogens is 1. The molecule has 8 nitrogen and oxygen atoms in total. The molecule has 2 rings (SSSR count). The predicted octanol–water partition coefficient (Wildman–Crippen LogP) is -0.128.